The van der Waals surface area contributed by atoms with Crippen LogP contribution < -0.4 is 53.0 Å². The van der Waals surface area contributed by atoms with Gasteiger partial charge in [-0.05, 0) is 367 Å². The van der Waals surface area contributed by atoms with Crippen LogP contribution in [0.4, 0.5) is 33.6 Å². The molecule has 2 bridgehead atoms. The Balaban J connectivity index is 0.000000422. The molecule has 2 aromatic carbocycles. The summed E-state index contributed by atoms with van der Waals surface area (Å²) < 4.78 is 38.1. The molecule has 2 aromatic rings. The van der Waals surface area contributed by atoms with Crippen molar-refractivity contribution in [3.05, 3.63) is 65.7 Å². The summed E-state index contributed by atoms with van der Waals surface area (Å²) in [4.78, 5) is 86.3. The second-order valence-corrected chi connectivity index (χ2v) is 60.2. The molecule has 9 fully saturated rings. The van der Waals surface area contributed by atoms with Crippen LogP contribution >= 0.6 is 0 Å². The lowest BCUT2D eigenvalue weighted by molar-refractivity contribution is -0.000638. The summed E-state index contributed by atoms with van der Waals surface area (Å²) in [5, 5.41) is 23.2. The molecule has 145 heavy (non-hydrogen) atoms. The summed E-state index contributed by atoms with van der Waals surface area (Å²) in [6.45, 7) is 78.9. The summed E-state index contributed by atoms with van der Waals surface area (Å²) in [5.74, 6) is 7.87. The fourth-order valence-electron chi connectivity index (χ4n) is 22.8. The third-order valence-corrected chi connectivity index (χ3v) is 29.1. The van der Waals surface area contributed by atoms with Crippen molar-refractivity contribution in [2.24, 2.45) is 108 Å². The van der Waals surface area contributed by atoms with Crippen molar-refractivity contribution in [3.8, 4) is 5.75 Å². The average Bonchev–Trinajstić information content (AvgIpc) is 1.64. The number of hydrogen-bond acceptors (Lipinski definition) is 12. The highest BCUT2D eigenvalue weighted by Gasteiger charge is 2.47. The van der Waals surface area contributed by atoms with Crippen molar-refractivity contribution in [2.75, 3.05) is 53.4 Å². The summed E-state index contributed by atoms with van der Waals surface area (Å²) in [6, 6.07) is 21.0. The molecule has 2 heterocycles. The third kappa shape index (κ3) is 62.5. The molecule has 2 aliphatic heterocycles. The Kier molecular flexibility index (Phi) is 53.5. The van der Waals surface area contributed by atoms with Crippen LogP contribution in [0.3, 0.4) is 0 Å². The molecule has 12 amide bonds. The van der Waals surface area contributed by atoms with Gasteiger partial charge in [0.15, 0.2) is 0 Å². The predicted octanol–water partition coefficient (Wildman–Crippen LogP) is 28.3. The largest absolute Gasteiger partial charge is 0.497 e. The van der Waals surface area contributed by atoms with E-state index in [1.165, 1.54) is 76.0 Å². The second-order valence-electron chi connectivity index (χ2n) is 58.1. The lowest BCUT2D eigenvalue weighted by Gasteiger charge is -2.43. The van der Waals surface area contributed by atoms with E-state index in [0.29, 0.717) is 122 Å². The summed E-state index contributed by atoms with van der Waals surface area (Å²) >= 11 is 0. The van der Waals surface area contributed by atoms with Gasteiger partial charge in [0.1, 0.15) is 26.8 Å². The fourth-order valence-corrected chi connectivity index (χ4v) is 23.9. The summed E-state index contributed by atoms with van der Waals surface area (Å²) in [6.07, 6.45) is 35.1. The minimum atomic E-state index is -2.75. The van der Waals surface area contributed by atoms with Gasteiger partial charge in [-0.3, -0.25) is 0 Å². The molecule has 25 heteroatoms. The topological polar surface area (TPSA) is 313 Å². The van der Waals surface area contributed by atoms with E-state index in [4.69, 9.17) is 19.9 Å². The molecule has 2 saturated heterocycles. The molecule has 24 nitrogen and oxygen atoms in total. The number of sulfone groups is 1. The van der Waals surface area contributed by atoms with Gasteiger partial charge in [0.2, 0.25) is 0 Å². The number of methoxy groups -OCH3 is 1. The summed E-state index contributed by atoms with van der Waals surface area (Å²) in [5.41, 5.74) is 10.3. The minimum absolute atomic E-state index is 0.0103. The van der Waals surface area contributed by atoms with Gasteiger partial charge in [0.05, 0.1) is 12.9 Å². The zero-order valence-electron chi connectivity index (χ0n) is 100. The molecule has 840 valence electrons. The first-order valence-corrected chi connectivity index (χ1v) is 58.1. The van der Waals surface area contributed by atoms with Crippen LogP contribution in [0.15, 0.2) is 54.6 Å². The van der Waals surface area contributed by atoms with Gasteiger partial charge in [0.25, 0.3) is 0 Å². The molecule has 7 aliphatic carbocycles. The second kappa shape index (κ2) is 58.6. The van der Waals surface area contributed by atoms with Gasteiger partial charge in [-0.1, -0.05) is 229 Å². The van der Waals surface area contributed by atoms with Crippen LogP contribution in [0.1, 0.15) is 433 Å². The van der Waals surface area contributed by atoms with E-state index in [1.807, 2.05) is 98.7 Å². The Morgan fingerprint density at radius 3 is 1.08 bits per heavy atom. The van der Waals surface area contributed by atoms with Gasteiger partial charge in [-0.2, -0.15) is 0 Å². The molecule has 7 atom stereocenters. The maximum Gasteiger partial charge on any atom is 0.410 e. The number of primary amides is 1. The van der Waals surface area contributed by atoms with E-state index < -0.39 is 21.0 Å². The van der Waals surface area contributed by atoms with Gasteiger partial charge in [-0.15, -0.1) is 0 Å². The number of nitrogens with one attached hydrogen (secondary N) is 8. The number of hydrogen-bond donors (Lipinski definition) is 9. The van der Waals surface area contributed by atoms with E-state index in [9.17, 15) is 42.0 Å². The van der Waals surface area contributed by atoms with Gasteiger partial charge in [-0.25, -0.2) is 42.0 Å². The molecule has 11 rings (SSSR count). The quantitative estimate of drug-likeness (QED) is 0.0531. The van der Waals surface area contributed by atoms with E-state index in [-0.39, 0.29) is 42.3 Å². The number of benzene rings is 2. The van der Waals surface area contributed by atoms with Crippen LogP contribution in [0.2, 0.25) is 0 Å². The molecule has 0 radical (unpaired) electrons. The Labute approximate surface area is 887 Å². The van der Waals surface area contributed by atoms with Gasteiger partial charge in [0, 0.05) is 95.4 Å². The van der Waals surface area contributed by atoms with Crippen LogP contribution in [0.25, 0.3) is 0 Å². The maximum atomic E-state index is 12.4. The third-order valence-electron chi connectivity index (χ3n) is 28.0. The Bertz CT molecular complexity index is 4180. The molecule has 7 saturated carbocycles. The summed E-state index contributed by atoms with van der Waals surface area (Å²) in [7, 11) is 4.24. The van der Waals surface area contributed by atoms with Crippen LogP contribution in [0.5, 0.6) is 5.75 Å². The van der Waals surface area contributed by atoms with Crippen LogP contribution in [0, 0.1) is 102 Å². The van der Waals surface area contributed by atoms with Crippen LogP contribution in [-0.4, -0.2) is 178 Å². The number of amides is 12. The smallest absolute Gasteiger partial charge is 0.410 e. The van der Waals surface area contributed by atoms with E-state index >= 15 is 0 Å². The molecule has 10 N–H and O–H groups in total. The SMILES string of the molecule is CC(C)(C)CC1CC(CS(C)(=O)=O)C1.CC(C)(C)CC1CC(NC(N)=O)C1.CC(C)(C)CC1C[C@H]2CC[C@@H](C1)N2C(=O)OC(C)(C)C.CC(C)(C)Cc1ccccc1.CCN(C)C(=O)NC1CCC(CC(C)(C)C)C1.CCNC(=O)NC1CCC(CC(C)(C)C)C1.CN(C(=O)OC(C)(C)C)C1CC(CC(C)(C)C)C1.CNC(=O)NC1CC(CC(C)(C)C)C1.COc1ccc(CNC(=O)NC2CC(CC(C)(C)C)C2)cc1. The van der Waals surface area contributed by atoms with E-state index in [1.54, 1.807) is 24.0 Å². The Morgan fingerprint density at radius 1 is 0.386 bits per heavy atom. The molecule has 0 aromatic heterocycles. The number of fused-ring (bicyclic) bond motifs is 2. The van der Waals surface area contributed by atoms with Crippen molar-refractivity contribution < 1.29 is 56.2 Å². The number of urea groups is 5. The zero-order valence-corrected chi connectivity index (χ0v) is 101. The maximum absolute atomic E-state index is 12.4. The normalized spacial score (nSPS) is 24.8. The highest BCUT2D eigenvalue weighted by molar-refractivity contribution is 7.90. The van der Waals surface area contributed by atoms with Gasteiger partial charge < -0.3 is 77.2 Å². The molecule has 0 spiro atoms. The lowest BCUT2D eigenvalue weighted by atomic mass is 9.69. The monoisotopic (exact) mass is 2060 g/mol. The number of rotatable bonds is 22. The Morgan fingerprint density at radius 2 is 0.731 bits per heavy atom. The van der Waals surface area contributed by atoms with Crippen molar-refractivity contribution in [1.29, 1.82) is 0 Å². The average molecular weight is 2060 g/mol. The standard InChI is InChI=1S/C18H28N2O2.C17H31NO2.C15H29NO2.C14H28N2O.C13H26N2O.C11H22N2O.C11H22O2S.C11H16.C10H20N2O/c1-18(2,3)11-14-9-15(10-14)20-17(21)19-12-13-5-7-16(22-4)8-6-13;1-16(2,3)11-12-9-13-7-8-14(10-12)18(13)15(19)20-17(4,5)6;1-14(2,3)10-11-8-12(9-11)16(7)13(17)18-15(4,5)6;1-6-16(5)13(17)15-12-8-7-11(9-12)10-14(2,3)4;1-5-14-12(16)15-11-7-6-10(8-11)9-13(2,3)4;1-11(2,3)7-8-5-9(6-8)13-10(14)12-4;1-11(2,3)7-9-5-10(6-9)8-14(4,12)13;1-11(2,3)9-10-7-5-4-6-8-10;1-10(2,3)6-7-4-8(5-7)12-9(11)13/h5-8,14-15H,9-12H2,1-4H3,(H2,19,20,21);12-14H,7-11H2,1-6H3;11-12H,8-10H2,1-7H3;11-12H,6-10H2,1-5H3,(H,15,17);10-11H,5-9H2,1-4H3,(H2,14,15,16);8-9H,5-7H2,1-4H3,(H2,12,13,14);9-10H,5-8H2,1-4H3;4-8H,9H2,1-3H3;7-8H,4-6H2,1-3H3,(H3,11,12,13)/t;12?,13-,14+;;;;;;;. The Hall–Kier alpha value is -6.92. The van der Waals surface area contributed by atoms with Crippen molar-refractivity contribution in [2.45, 2.75) is 495 Å². The lowest BCUT2D eigenvalue weighted by Crippen LogP contribution is -2.48. The van der Waals surface area contributed by atoms with Crippen molar-refractivity contribution in [3.63, 3.8) is 0 Å². The molecule has 9 aliphatic rings. The fraction of sp³-hybridized carbons (Fsp3) is 0.842. The number of nitrogens with zero attached hydrogens (tertiary/aromatic N) is 3. The number of nitrogens with two attached hydrogens (primary N) is 1. The first kappa shape index (κ1) is 132. The highest BCUT2D eigenvalue weighted by atomic mass is 32.2. The van der Waals surface area contributed by atoms with Gasteiger partial charge >= 0.3 is 42.3 Å². The number of carbonyl (C=O) groups is 7. The molecular weight excluding hydrogens is 1830 g/mol. The first-order chi connectivity index (χ1) is 66.1. The minimum Gasteiger partial charge on any atom is -0.497 e. The number of piperidine rings is 1. The first-order valence-electron chi connectivity index (χ1n) is 56.1. The van der Waals surface area contributed by atoms with Crippen LogP contribution in [-0.2, 0) is 32.3 Å². The van der Waals surface area contributed by atoms with Crippen molar-refractivity contribution >= 4 is 52.2 Å². The highest BCUT2D eigenvalue weighted by Crippen LogP contribution is 2.47. The van der Waals surface area contributed by atoms with E-state index in [2.05, 4.69) is 260 Å². The van der Waals surface area contributed by atoms with E-state index in [0.717, 1.165) is 187 Å². The molecule has 5 unspecified atom stereocenters. The molecular formula is C120H222N12O12S. The predicted molar refractivity (Wildman–Crippen MR) is 606 cm³/mol. The number of ether oxygens (including phenoxy) is 3. The number of carbonyl (C=O) groups excluding carboxylic acids is 7. The van der Waals surface area contributed by atoms with Crippen molar-refractivity contribution in [1.82, 2.24) is 57.2 Å². The zero-order chi connectivity index (χ0) is 111.